The molecule has 2 heteroatoms. The quantitative estimate of drug-likeness (QED) is 0.677. The fourth-order valence-electron chi connectivity index (χ4n) is 3.86. The van der Waals surface area contributed by atoms with Gasteiger partial charge >= 0.3 is 0 Å². The lowest BCUT2D eigenvalue weighted by molar-refractivity contribution is 0.0470. The van der Waals surface area contributed by atoms with Crippen LogP contribution in [0, 0.1) is 5.92 Å². The van der Waals surface area contributed by atoms with Crippen LogP contribution in [0.2, 0.25) is 0 Å². The number of piperazine rings is 1. The lowest BCUT2D eigenvalue weighted by atomic mass is 9.93. The summed E-state index contributed by atoms with van der Waals surface area (Å²) in [5.41, 5.74) is 0. The third-order valence-electron chi connectivity index (χ3n) is 4.94. The Bertz CT molecular complexity index is 287. The van der Waals surface area contributed by atoms with Crippen LogP contribution < -0.4 is 0 Å². The van der Waals surface area contributed by atoms with Gasteiger partial charge in [0, 0.05) is 31.7 Å². The van der Waals surface area contributed by atoms with Crippen LogP contribution in [0.4, 0.5) is 0 Å². The average molecular weight is 234 g/mol. The number of hydrogen-bond donors (Lipinski definition) is 0. The molecule has 3 unspecified atom stereocenters. The molecule has 0 amide bonds. The molecule has 0 saturated carbocycles. The van der Waals surface area contributed by atoms with E-state index in [2.05, 4.69) is 28.9 Å². The highest BCUT2D eigenvalue weighted by Crippen LogP contribution is 2.27. The van der Waals surface area contributed by atoms with Gasteiger partial charge in [-0.2, -0.15) is 0 Å². The molecule has 2 nitrogen and oxygen atoms in total. The molecule has 17 heavy (non-hydrogen) atoms. The van der Waals surface area contributed by atoms with Gasteiger partial charge in [-0.3, -0.25) is 9.80 Å². The first-order valence-corrected chi connectivity index (χ1v) is 7.46. The summed E-state index contributed by atoms with van der Waals surface area (Å²) in [7, 11) is 0. The molecule has 0 aromatic heterocycles. The first-order chi connectivity index (χ1) is 8.33. The smallest absolute Gasteiger partial charge is 0.0224 e. The monoisotopic (exact) mass is 234 g/mol. The Morgan fingerprint density at radius 1 is 1.18 bits per heavy atom. The summed E-state index contributed by atoms with van der Waals surface area (Å²) in [6.07, 6.45) is 11.7. The molecule has 96 valence electrons. The normalized spacial score (nSPS) is 39.5. The van der Waals surface area contributed by atoms with Gasteiger partial charge in [0.05, 0.1) is 0 Å². The molecule has 0 aromatic carbocycles. The summed E-state index contributed by atoms with van der Waals surface area (Å²) < 4.78 is 0. The van der Waals surface area contributed by atoms with Crippen LogP contribution in [0.1, 0.15) is 39.0 Å². The van der Waals surface area contributed by atoms with Crippen LogP contribution >= 0.6 is 0 Å². The van der Waals surface area contributed by atoms with Crippen LogP contribution in [0.5, 0.6) is 0 Å². The van der Waals surface area contributed by atoms with Gasteiger partial charge < -0.3 is 0 Å². The Hall–Kier alpha value is -0.340. The fraction of sp³-hybridized carbons (Fsp3) is 0.867. The molecule has 2 heterocycles. The van der Waals surface area contributed by atoms with Crippen molar-refractivity contribution in [3.63, 3.8) is 0 Å². The largest absolute Gasteiger partial charge is 0.298 e. The Kier molecular flexibility index (Phi) is 3.53. The Labute approximate surface area is 106 Å². The summed E-state index contributed by atoms with van der Waals surface area (Å²) >= 11 is 0. The predicted molar refractivity (Wildman–Crippen MR) is 72.1 cm³/mol. The minimum Gasteiger partial charge on any atom is -0.298 e. The van der Waals surface area contributed by atoms with Crippen LogP contribution in [-0.4, -0.2) is 48.1 Å². The number of rotatable bonds is 2. The molecule has 0 spiro atoms. The third kappa shape index (κ3) is 2.58. The molecule has 2 aliphatic heterocycles. The first kappa shape index (κ1) is 11.7. The van der Waals surface area contributed by atoms with E-state index in [4.69, 9.17) is 0 Å². The molecule has 2 saturated heterocycles. The maximum absolute atomic E-state index is 2.77. The first-order valence-electron chi connectivity index (χ1n) is 7.46. The van der Waals surface area contributed by atoms with E-state index in [1.807, 2.05) is 0 Å². The Morgan fingerprint density at radius 3 is 2.94 bits per heavy atom. The van der Waals surface area contributed by atoms with Gasteiger partial charge in [-0.1, -0.05) is 12.2 Å². The van der Waals surface area contributed by atoms with Crippen molar-refractivity contribution in [2.45, 2.75) is 51.1 Å². The van der Waals surface area contributed by atoms with E-state index < -0.39 is 0 Å². The van der Waals surface area contributed by atoms with E-state index in [0.717, 1.165) is 18.0 Å². The number of allylic oxidation sites excluding steroid dienone is 2. The Balaban J connectivity index is 1.57. The highest BCUT2D eigenvalue weighted by molar-refractivity contribution is 4.94. The van der Waals surface area contributed by atoms with Crippen molar-refractivity contribution in [3.8, 4) is 0 Å². The highest BCUT2D eigenvalue weighted by atomic mass is 15.3. The lowest BCUT2D eigenvalue weighted by Gasteiger charge is -2.43. The second kappa shape index (κ2) is 5.11. The number of hydrogen-bond acceptors (Lipinski definition) is 2. The lowest BCUT2D eigenvalue weighted by Crippen LogP contribution is -2.55. The highest BCUT2D eigenvalue weighted by Gasteiger charge is 2.34. The second-order valence-electron chi connectivity index (χ2n) is 6.24. The molecule has 0 N–H and O–H groups in total. The Morgan fingerprint density at radius 2 is 2.12 bits per heavy atom. The van der Waals surface area contributed by atoms with Crippen molar-refractivity contribution in [1.82, 2.24) is 9.80 Å². The topological polar surface area (TPSA) is 6.48 Å². The summed E-state index contributed by atoms with van der Waals surface area (Å²) in [6, 6.07) is 1.65. The second-order valence-corrected chi connectivity index (χ2v) is 6.24. The van der Waals surface area contributed by atoms with Gasteiger partial charge in [-0.25, -0.2) is 0 Å². The summed E-state index contributed by atoms with van der Waals surface area (Å²) in [5, 5.41) is 0. The van der Waals surface area contributed by atoms with Gasteiger partial charge in [0.2, 0.25) is 0 Å². The zero-order valence-corrected chi connectivity index (χ0v) is 11.1. The third-order valence-corrected chi connectivity index (χ3v) is 4.94. The standard InChI is InChI=1S/C15H26N2/c1-13-10-16-9-5-8-15(16)12-17(13)11-14-6-3-2-4-7-14/h2-3,13-15H,4-12H2,1H3. The molecule has 2 fully saturated rings. The van der Waals surface area contributed by atoms with Gasteiger partial charge in [0.15, 0.2) is 0 Å². The molecule has 3 atom stereocenters. The minimum atomic E-state index is 0.773. The van der Waals surface area contributed by atoms with Crippen molar-refractivity contribution in [1.29, 1.82) is 0 Å². The van der Waals surface area contributed by atoms with E-state index in [1.165, 1.54) is 58.3 Å². The van der Waals surface area contributed by atoms with Crippen molar-refractivity contribution < 1.29 is 0 Å². The van der Waals surface area contributed by atoms with Crippen LogP contribution in [-0.2, 0) is 0 Å². The average Bonchev–Trinajstić information content (AvgIpc) is 2.78. The van der Waals surface area contributed by atoms with E-state index in [9.17, 15) is 0 Å². The maximum atomic E-state index is 2.77. The van der Waals surface area contributed by atoms with Gasteiger partial charge in [0.1, 0.15) is 0 Å². The van der Waals surface area contributed by atoms with E-state index in [1.54, 1.807) is 0 Å². The van der Waals surface area contributed by atoms with Gasteiger partial charge in [0.25, 0.3) is 0 Å². The minimum absolute atomic E-state index is 0.773. The van der Waals surface area contributed by atoms with E-state index >= 15 is 0 Å². The molecular weight excluding hydrogens is 208 g/mol. The summed E-state index contributed by atoms with van der Waals surface area (Å²) in [4.78, 5) is 5.50. The maximum Gasteiger partial charge on any atom is 0.0224 e. The van der Waals surface area contributed by atoms with Crippen molar-refractivity contribution in [3.05, 3.63) is 12.2 Å². The summed E-state index contributed by atoms with van der Waals surface area (Å²) in [6.45, 7) is 7.77. The van der Waals surface area contributed by atoms with Gasteiger partial charge in [-0.05, 0) is 51.5 Å². The molecule has 0 bridgehead atoms. The molecule has 1 aliphatic carbocycles. The van der Waals surface area contributed by atoms with Crippen molar-refractivity contribution in [2.24, 2.45) is 5.92 Å². The molecular formula is C15H26N2. The van der Waals surface area contributed by atoms with E-state index in [-0.39, 0.29) is 0 Å². The fourth-order valence-corrected chi connectivity index (χ4v) is 3.86. The van der Waals surface area contributed by atoms with Crippen LogP contribution in [0.15, 0.2) is 12.2 Å². The molecule has 3 rings (SSSR count). The SMILES string of the molecule is CC1CN2CCCC2CN1CC1CC=CCC1. The molecule has 3 aliphatic rings. The van der Waals surface area contributed by atoms with Crippen molar-refractivity contribution in [2.75, 3.05) is 26.2 Å². The summed E-state index contributed by atoms with van der Waals surface area (Å²) in [5.74, 6) is 0.926. The van der Waals surface area contributed by atoms with Crippen LogP contribution in [0.3, 0.4) is 0 Å². The van der Waals surface area contributed by atoms with E-state index in [0.29, 0.717) is 0 Å². The number of fused-ring (bicyclic) bond motifs is 1. The zero-order chi connectivity index (χ0) is 11.7. The number of nitrogens with zero attached hydrogens (tertiary/aromatic N) is 2. The predicted octanol–water partition coefficient (Wildman–Crippen LogP) is 2.51. The van der Waals surface area contributed by atoms with Crippen molar-refractivity contribution >= 4 is 0 Å². The van der Waals surface area contributed by atoms with Crippen LogP contribution in [0.25, 0.3) is 0 Å². The molecule has 0 radical (unpaired) electrons. The van der Waals surface area contributed by atoms with Gasteiger partial charge in [-0.15, -0.1) is 0 Å². The zero-order valence-electron chi connectivity index (χ0n) is 11.1. The molecule has 0 aromatic rings.